The van der Waals surface area contributed by atoms with E-state index < -0.39 is 11.8 Å². The van der Waals surface area contributed by atoms with Crippen molar-refractivity contribution in [2.75, 3.05) is 12.4 Å². The maximum absolute atomic E-state index is 14.4. The number of ether oxygens (including phenoxy) is 1. The number of carbonyl (C=O) groups excluding carboxylic acids is 1. The van der Waals surface area contributed by atoms with E-state index in [0.717, 1.165) is 0 Å². The highest BCUT2D eigenvalue weighted by Crippen LogP contribution is 2.26. The van der Waals surface area contributed by atoms with Crippen LogP contribution < -0.4 is 5.32 Å². The molecule has 1 heterocycles. The highest BCUT2D eigenvalue weighted by Gasteiger charge is 2.16. The highest BCUT2D eigenvalue weighted by molar-refractivity contribution is 5.79. The molecule has 0 bridgehead atoms. The lowest BCUT2D eigenvalue weighted by molar-refractivity contribution is -0.139. The van der Waals surface area contributed by atoms with Gasteiger partial charge in [0, 0.05) is 11.3 Å². The van der Waals surface area contributed by atoms with Gasteiger partial charge in [-0.25, -0.2) is 8.78 Å². The number of nitrogens with one attached hydrogen (secondary N) is 1. The molecule has 0 spiro atoms. The Balaban J connectivity index is 1.90. The van der Waals surface area contributed by atoms with Crippen LogP contribution in [-0.2, 0) is 16.0 Å². The maximum atomic E-state index is 14.4. The predicted molar refractivity (Wildman–Crippen MR) is 79.4 cm³/mol. The lowest BCUT2D eigenvalue weighted by atomic mass is 10.1. The Morgan fingerprint density at radius 2 is 1.96 bits per heavy atom. The third-order valence-electron chi connectivity index (χ3n) is 3.23. The smallest absolute Gasteiger partial charge is 0.310 e. The van der Waals surface area contributed by atoms with Crippen molar-refractivity contribution in [2.45, 2.75) is 6.42 Å². The lowest BCUT2D eigenvalue weighted by Crippen LogP contribution is -2.06. The monoisotopic (exact) mass is 318 g/mol. The van der Waals surface area contributed by atoms with Gasteiger partial charge in [0.1, 0.15) is 11.3 Å². The van der Waals surface area contributed by atoms with Gasteiger partial charge in [-0.15, -0.1) is 0 Å². The number of esters is 1. The minimum Gasteiger partial charge on any atom is -0.469 e. The Bertz CT molecular complexity index is 860. The van der Waals surface area contributed by atoms with Gasteiger partial charge in [-0.1, -0.05) is 6.07 Å². The number of rotatable bonds is 4. The number of hydrogen-bond donors (Lipinski definition) is 1. The van der Waals surface area contributed by atoms with Gasteiger partial charge in [-0.2, -0.15) is 4.98 Å². The number of aromatic nitrogens is 1. The molecule has 0 unspecified atom stereocenters. The molecule has 0 saturated carbocycles. The molecule has 1 aromatic heterocycles. The van der Waals surface area contributed by atoms with Crippen LogP contribution in [0.25, 0.3) is 11.1 Å². The van der Waals surface area contributed by atoms with E-state index in [4.69, 9.17) is 4.42 Å². The normalized spacial score (nSPS) is 10.7. The second-order valence-electron chi connectivity index (χ2n) is 4.79. The molecule has 0 aliphatic rings. The van der Waals surface area contributed by atoms with E-state index in [1.165, 1.54) is 37.4 Å². The van der Waals surface area contributed by atoms with E-state index >= 15 is 0 Å². The van der Waals surface area contributed by atoms with Gasteiger partial charge >= 0.3 is 5.97 Å². The van der Waals surface area contributed by atoms with Gasteiger partial charge < -0.3 is 14.5 Å². The van der Waals surface area contributed by atoms with Crippen molar-refractivity contribution in [3.05, 3.63) is 53.6 Å². The van der Waals surface area contributed by atoms with Crippen molar-refractivity contribution >= 4 is 28.8 Å². The van der Waals surface area contributed by atoms with E-state index in [9.17, 15) is 13.6 Å². The molecule has 1 N–H and O–H groups in total. The zero-order valence-corrected chi connectivity index (χ0v) is 12.1. The number of hydrogen-bond acceptors (Lipinski definition) is 5. The molecule has 0 amide bonds. The van der Waals surface area contributed by atoms with Crippen molar-refractivity contribution in [2.24, 2.45) is 0 Å². The predicted octanol–water partition coefficient (Wildman–Crippen LogP) is 3.57. The van der Waals surface area contributed by atoms with Crippen molar-refractivity contribution in [1.29, 1.82) is 0 Å². The van der Waals surface area contributed by atoms with Crippen molar-refractivity contribution in [3.63, 3.8) is 0 Å². The Hall–Kier alpha value is -2.96. The Kier molecular flexibility index (Phi) is 3.92. The molecular weight excluding hydrogens is 306 g/mol. The van der Waals surface area contributed by atoms with Crippen LogP contribution in [0.15, 0.2) is 40.8 Å². The first-order valence-electron chi connectivity index (χ1n) is 6.74. The number of anilines is 2. The van der Waals surface area contributed by atoms with Crippen LogP contribution in [0.2, 0.25) is 0 Å². The van der Waals surface area contributed by atoms with Gasteiger partial charge in [-0.05, 0) is 30.3 Å². The minimum absolute atomic E-state index is 0.0592. The third kappa shape index (κ3) is 3.13. The molecule has 0 atom stereocenters. The molecule has 7 heteroatoms. The molecular formula is C16H12F2N2O3. The lowest BCUT2D eigenvalue weighted by Gasteiger charge is -2.01. The molecule has 2 aromatic carbocycles. The zero-order valence-electron chi connectivity index (χ0n) is 12.1. The molecule has 23 heavy (non-hydrogen) atoms. The van der Waals surface area contributed by atoms with Crippen LogP contribution in [0.5, 0.6) is 0 Å². The third-order valence-corrected chi connectivity index (χ3v) is 3.23. The number of carbonyl (C=O) groups is 1. The fraction of sp³-hybridized carbons (Fsp3) is 0.125. The molecule has 0 aliphatic heterocycles. The molecule has 0 fully saturated rings. The van der Waals surface area contributed by atoms with E-state index in [1.54, 1.807) is 6.07 Å². The number of methoxy groups -OCH3 is 1. The average Bonchev–Trinajstić information content (AvgIpc) is 2.95. The van der Waals surface area contributed by atoms with Crippen LogP contribution in [-0.4, -0.2) is 18.1 Å². The molecule has 3 rings (SSSR count). The summed E-state index contributed by atoms with van der Waals surface area (Å²) in [5.74, 6) is -1.58. The molecule has 0 radical (unpaired) electrons. The van der Waals surface area contributed by atoms with Crippen molar-refractivity contribution in [3.8, 4) is 0 Å². The molecule has 3 aromatic rings. The van der Waals surface area contributed by atoms with Gasteiger partial charge in [0.15, 0.2) is 11.4 Å². The largest absolute Gasteiger partial charge is 0.469 e. The summed E-state index contributed by atoms with van der Waals surface area (Å²) in [6, 6.07) is 8.64. The Morgan fingerprint density at radius 1 is 1.22 bits per heavy atom. The second kappa shape index (κ2) is 6.04. The molecule has 5 nitrogen and oxygen atoms in total. The van der Waals surface area contributed by atoms with Gasteiger partial charge in [-0.3, -0.25) is 4.79 Å². The highest BCUT2D eigenvalue weighted by atomic mass is 19.1. The molecule has 118 valence electrons. The summed E-state index contributed by atoms with van der Waals surface area (Å²) < 4.78 is 37.1. The first-order valence-corrected chi connectivity index (χ1v) is 6.74. The van der Waals surface area contributed by atoms with E-state index in [2.05, 4.69) is 15.0 Å². The number of fused-ring (bicyclic) bond motifs is 1. The van der Waals surface area contributed by atoms with Crippen molar-refractivity contribution in [1.82, 2.24) is 4.98 Å². The van der Waals surface area contributed by atoms with Gasteiger partial charge in [0.05, 0.1) is 13.5 Å². The zero-order chi connectivity index (χ0) is 16.4. The second-order valence-corrected chi connectivity index (χ2v) is 4.79. The number of halogens is 2. The van der Waals surface area contributed by atoms with E-state index in [0.29, 0.717) is 11.2 Å². The first-order chi connectivity index (χ1) is 11.1. The van der Waals surface area contributed by atoms with Gasteiger partial charge in [0.25, 0.3) is 6.01 Å². The van der Waals surface area contributed by atoms with Crippen LogP contribution in [0.1, 0.15) is 5.56 Å². The van der Waals surface area contributed by atoms with E-state index in [1.807, 2.05) is 0 Å². The average molecular weight is 318 g/mol. The number of oxazole rings is 1. The van der Waals surface area contributed by atoms with Gasteiger partial charge in [0.2, 0.25) is 0 Å². The first kappa shape index (κ1) is 15.0. The summed E-state index contributed by atoms with van der Waals surface area (Å²) in [6.45, 7) is 0. The van der Waals surface area contributed by atoms with Crippen LogP contribution in [0.4, 0.5) is 20.5 Å². The summed E-state index contributed by atoms with van der Waals surface area (Å²) in [7, 11) is 1.23. The maximum Gasteiger partial charge on any atom is 0.310 e. The van der Waals surface area contributed by atoms with Crippen LogP contribution in [0, 0.1) is 11.6 Å². The summed E-state index contributed by atoms with van der Waals surface area (Å²) in [6.07, 6.45) is -0.195. The molecule has 0 aliphatic carbocycles. The fourth-order valence-corrected chi connectivity index (χ4v) is 2.08. The fourth-order valence-electron chi connectivity index (χ4n) is 2.08. The Labute approximate surface area is 129 Å². The minimum atomic E-state index is -0.660. The summed E-state index contributed by atoms with van der Waals surface area (Å²) in [5, 5.41) is 2.82. The quantitative estimate of drug-likeness (QED) is 0.745. The van der Waals surface area contributed by atoms with Crippen LogP contribution >= 0.6 is 0 Å². The summed E-state index contributed by atoms with van der Waals surface area (Å²) in [4.78, 5) is 15.4. The standard InChI is InChI=1S/C16H12F2N2O3/c1-22-13(21)8-9-2-7-12-15(14(9)18)23-16(20-12)19-11-5-3-10(17)4-6-11/h2-7H,8H2,1H3,(H,19,20). The topological polar surface area (TPSA) is 64.4 Å². The summed E-state index contributed by atoms with van der Waals surface area (Å²) in [5.41, 5.74) is 0.957. The summed E-state index contributed by atoms with van der Waals surface area (Å²) >= 11 is 0. The molecule has 0 saturated heterocycles. The number of nitrogens with zero attached hydrogens (tertiary/aromatic N) is 1. The van der Waals surface area contributed by atoms with Crippen LogP contribution in [0.3, 0.4) is 0 Å². The number of benzene rings is 2. The van der Waals surface area contributed by atoms with Crippen molar-refractivity contribution < 1.29 is 22.7 Å². The Morgan fingerprint density at radius 3 is 2.65 bits per heavy atom. The van der Waals surface area contributed by atoms with E-state index in [-0.39, 0.29) is 29.4 Å². The SMILES string of the molecule is COC(=O)Cc1ccc2nc(Nc3ccc(F)cc3)oc2c1F.